The lowest BCUT2D eigenvalue weighted by molar-refractivity contribution is -0.154. The number of carbonyl (C=O) groups is 2. The van der Waals surface area contributed by atoms with Crippen LogP contribution in [0.4, 0.5) is 0 Å². The van der Waals surface area contributed by atoms with Crippen molar-refractivity contribution in [2.75, 3.05) is 32.7 Å². The molecule has 2 aliphatic heterocycles. The summed E-state index contributed by atoms with van der Waals surface area (Å²) in [5.41, 5.74) is 4.31. The van der Waals surface area contributed by atoms with Gasteiger partial charge in [-0.05, 0) is 56.2 Å². The molecule has 33 heavy (non-hydrogen) atoms. The van der Waals surface area contributed by atoms with Gasteiger partial charge in [-0.15, -0.1) is 0 Å². The molecule has 0 aromatic heterocycles. The average molecular weight is 456 g/mol. The molecule has 0 spiro atoms. The van der Waals surface area contributed by atoms with Gasteiger partial charge in [-0.1, -0.05) is 43.3 Å². The maximum absolute atomic E-state index is 13.6. The highest BCUT2D eigenvalue weighted by molar-refractivity contribution is 5.82. The van der Waals surface area contributed by atoms with Crippen LogP contribution in [0.25, 0.3) is 5.57 Å². The Kier molecular flexibility index (Phi) is 8.17. The minimum absolute atomic E-state index is 0.120. The van der Waals surface area contributed by atoms with E-state index in [0.717, 1.165) is 38.9 Å². The monoisotopic (exact) mass is 455 g/mol. The number of nitrogens with one attached hydrogen (secondary N) is 1. The van der Waals surface area contributed by atoms with Crippen LogP contribution in [-0.2, 0) is 14.3 Å². The van der Waals surface area contributed by atoms with Crippen LogP contribution in [0.1, 0.15) is 51.0 Å². The third-order valence-electron chi connectivity index (χ3n) is 7.60. The number of hydrogen-bond acceptors (Lipinski definition) is 5. The van der Waals surface area contributed by atoms with E-state index in [1.165, 1.54) is 11.1 Å². The highest BCUT2D eigenvalue weighted by Gasteiger charge is 2.41. The minimum atomic E-state index is -0.372. The van der Waals surface area contributed by atoms with E-state index in [4.69, 9.17) is 9.94 Å². The molecule has 2 fully saturated rings. The molecular formula is C26H37N3O4. The molecule has 7 heteroatoms. The first-order valence-electron chi connectivity index (χ1n) is 12.4. The highest BCUT2D eigenvalue weighted by Crippen LogP contribution is 2.35. The molecule has 1 aromatic rings. The molecular weight excluding hydrogens is 418 g/mol. The van der Waals surface area contributed by atoms with Crippen LogP contribution in [0.5, 0.6) is 0 Å². The Balaban J connectivity index is 1.42. The van der Waals surface area contributed by atoms with Gasteiger partial charge >= 0.3 is 0 Å². The van der Waals surface area contributed by atoms with Crippen molar-refractivity contribution in [1.82, 2.24) is 15.3 Å². The fourth-order valence-electron chi connectivity index (χ4n) is 5.52. The molecule has 2 heterocycles. The van der Waals surface area contributed by atoms with Crippen LogP contribution in [-0.4, -0.2) is 71.8 Å². The smallest absolute Gasteiger partial charge is 0.246 e. The molecule has 2 amide bonds. The van der Waals surface area contributed by atoms with E-state index in [2.05, 4.69) is 30.0 Å². The number of amides is 2. The van der Waals surface area contributed by atoms with Crippen LogP contribution < -0.4 is 5.48 Å². The fraction of sp³-hybridized carbons (Fsp3) is 0.615. The Hall–Kier alpha value is -2.22. The second-order valence-corrected chi connectivity index (χ2v) is 9.53. The third-order valence-corrected chi connectivity index (χ3v) is 7.60. The van der Waals surface area contributed by atoms with Crippen molar-refractivity contribution in [3.05, 3.63) is 42.0 Å². The summed E-state index contributed by atoms with van der Waals surface area (Å²) in [5.74, 6) is -0.782. The summed E-state index contributed by atoms with van der Waals surface area (Å²) >= 11 is 0. The van der Waals surface area contributed by atoms with Crippen LogP contribution in [0.2, 0.25) is 0 Å². The van der Waals surface area contributed by atoms with E-state index in [0.29, 0.717) is 32.4 Å². The zero-order valence-electron chi connectivity index (χ0n) is 19.6. The van der Waals surface area contributed by atoms with Gasteiger partial charge < -0.3 is 14.5 Å². The highest BCUT2D eigenvalue weighted by atomic mass is 16.5. The zero-order chi connectivity index (χ0) is 23.2. The Morgan fingerprint density at radius 2 is 1.85 bits per heavy atom. The summed E-state index contributed by atoms with van der Waals surface area (Å²) in [6.07, 6.45) is 6.44. The van der Waals surface area contributed by atoms with Gasteiger partial charge in [0, 0.05) is 32.1 Å². The molecule has 0 unspecified atom stereocenters. The number of nitrogens with zero attached hydrogens (tertiary/aromatic N) is 2. The third kappa shape index (κ3) is 5.83. The van der Waals surface area contributed by atoms with Crippen molar-refractivity contribution < 1.29 is 19.5 Å². The van der Waals surface area contributed by atoms with Gasteiger partial charge in [0.15, 0.2) is 0 Å². The number of hydroxylamine groups is 1. The van der Waals surface area contributed by atoms with E-state index in [9.17, 15) is 9.59 Å². The molecule has 0 bridgehead atoms. The number of rotatable bonds is 6. The maximum Gasteiger partial charge on any atom is 0.246 e. The molecule has 3 aliphatic rings. The molecule has 180 valence electrons. The summed E-state index contributed by atoms with van der Waals surface area (Å²) in [4.78, 5) is 30.0. The van der Waals surface area contributed by atoms with E-state index < -0.39 is 0 Å². The van der Waals surface area contributed by atoms with E-state index in [1.807, 2.05) is 23.1 Å². The molecule has 1 aromatic carbocycles. The Morgan fingerprint density at radius 3 is 2.48 bits per heavy atom. The van der Waals surface area contributed by atoms with E-state index in [1.54, 1.807) is 5.48 Å². The van der Waals surface area contributed by atoms with Crippen molar-refractivity contribution in [2.45, 2.75) is 57.7 Å². The number of likely N-dealkylation sites (tertiary alicyclic amines) is 1. The summed E-state index contributed by atoms with van der Waals surface area (Å²) < 4.78 is 6.51. The number of piperidine rings is 1. The van der Waals surface area contributed by atoms with Gasteiger partial charge in [0.2, 0.25) is 11.8 Å². The Morgan fingerprint density at radius 1 is 1.09 bits per heavy atom. The summed E-state index contributed by atoms with van der Waals surface area (Å²) in [5, 5.41) is 9.12. The molecule has 7 nitrogen and oxygen atoms in total. The maximum atomic E-state index is 13.6. The lowest BCUT2D eigenvalue weighted by Crippen LogP contribution is -2.49. The van der Waals surface area contributed by atoms with E-state index >= 15 is 0 Å². The van der Waals surface area contributed by atoms with Gasteiger partial charge in [-0.2, -0.15) is 0 Å². The van der Waals surface area contributed by atoms with Crippen LogP contribution in [0.3, 0.4) is 0 Å². The minimum Gasteiger partial charge on any atom is -0.374 e. The van der Waals surface area contributed by atoms with Crippen molar-refractivity contribution >= 4 is 17.4 Å². The van der Waals surface area contributed by atoms with Crippen molar-refractivity contribution in [1.29, 1.82) is 0 Å². The van der Waals surface area contributed by atoms with Crippen molar-refractivity contribution in [3.8, 4) is 0 Å². The molecule has 0 radical (unpaired) electrons. The first-order chi connectivity index (χ1) is 16.1. The predicted octanol–water partition coefficient (Wildman–Crippen LogP) is 3.09. The molecule has 1 saturated carbocycles. The van der Waals surface area contributed by atoms with Crippen molar-refractivity contribution in [3.63, 3.8) is 0 Å². The quantitative estimate of drug-likeness (QED) is 0.509. The summed E-state index contributed by atoms with van der Waals surface area (Å²) in [6, 6.07) is 10.3. The number of carbonyl (C=O) groups excluding carboxylic acids is 2. The van der Waals surface area contributed by atoms with E-state index in [-0.39, 0.29) is 35.9 Å². The van der Waals surface area contributed by atoms with Crippen molar-refractivity contribution in [2.24, 2.45) is 11.8 Å². The van der Waals surface area contributed by atoms with Gasteiger partial charge in [-0.25, -0.2) is 5.48 Å². The van der Waals surface area contributed by atoms with Gasteiger partial charge in [0.1, 0.15) is 0 Å². The number of ether oxygens (including phenoxy) is 1. The molecule has 1 aliphatic carbocycles. The molecule has 1 saturated heterocycles. The number of hydrogen-bond donors (Lipinski definition) is 2. The molecule has 3 atom stereocenters. The second kappa shape index (κ2) is 11.3. The number of benzene rings is 1. The van der Waals surface area contributed by atoms with Crippen LogP contribution in [0.15, 0.2) is 36.4 Å². The van der Waals surface area contributed by atoms with Crippen LogP contribution in [0, 0.1) is 11.8 Å². The Bertz CT molecular complexity index is 835. The van der Waals surface area contributed by atoms with Crippen LogP contribution >= 0.6 is 0 Å². The predicted molar refractivity (Wildman–Crippen MR) is 126 cm³/mol. The summed E-state index contributed by atoms with van der Waals surface area (Å²) in [6.45, 7) is 6.55. The Labute approximate surface area is 196 Å². The normalized spacial score (nSPS) is 27.2. The lowest BCUT2D eigenvalue weighted by Gasteiger charge is -2.41. The van der Waals surface area contributed by atoms with Gasteiger partial charge in [0.25, 0.3) is 0 Å². The SMILES string of the molecule is CCN1CCC(O[C@H]2C[C@H](C(=O)NO)CC[C@@H]2C(=O)N2CC=C(c3ccccc3)CC2)CC1. The van der Waals surface area contributed by atoms with Gasteiger partial charge in [0.05, 0.1) is 18.1 Å². The topological polar surface area (TPSA) is 82.1 Å². The fourth-order valence-corrected chi connectivity index (χ4v) is 5.52. The first-order valence-corrected chi connectivity index (χ1v) is 12.4. The standard InChI is InChI=1S/C26H37N3O4/c1-2-28-14-12-22(13-15-28)33-24-18-21(25(30)27-32)8-9-23(24)26(31)29-16-10-20(11-17-29)19-6-4-3-5-7-19/h3-7,10,21-24,32H,2,8-9,11-18H2,1H3,(H,27,30)/t21-,23+,24+/m1/s1. The first kappa shape index (κ1) is 23.9. The zero-order valence-corrected chi connectivity index (χ0v) is 19.6. The average Bonchev–Trinajstić information content (AvgIpc) is 2.89. The molecule has 4 rings (SSSR count). The van der Waals surface area contributed by atoms with Gasteiger partial charge in [-0.3, -0.25) is 14.8 Å². The largest absolute Gasteiger partial charge is 0.374 e. The lowest BCUT2D eigenvalue weighted by atomic mass is 9.78. The summed E-state index contributed by atoms with van der Waals surface area (Å²) in [7, 11) is 0. The second-order valence-electron chi connectivity index (χ2n) is 9.53. The molecule has 2 N–H and O–H groups in total.